The largest absolute Gasteiger partial charge is 0.455 e. The van der Waals surface area contributed by atoms with E-state index in [0.29, 0.717) is 29.4 Å². The fourth-order valence-corrected chi connectivity index (χ4v) is 4.86. The zero-order valence-electron chi connectivity index (χ0n) is 12.9. The number of rotatable bonds is 0. The Kier molecular flexibility index (Phi) is 2.73. The van der Waals surface area contributed by atoms with E-state index in [4.69, 9.17) is 14.2 Å². The lowest BCUT2D eigenvalue weighted by Gasteiger charge is -2.47. The molecule has 0 spiro atoms. The molecule has 1 aromatic carbocycles. The van der Waals surface area contributed by atoms with Crippen molar-refractivity contribution in [2.24, 2.45) is 5.92 Å². The predicted octanol–water partition coefficient (Wildman–Crippen LogP) is 1.12. The van der Waals surface area contributed by atoms with Gasteiger partial charge in [-0.1, -0.05) is 0 Å². The molecule has 1 aromatic rings. The van der Waals surface area contributed by atoms with Crippen LogP contribution in [-0.4, -0.2) is 54.6 Å². The van der Waals surface area contributed by atoms with Gasteiger partial charge in [0.2, 0.25) is 6.79 Å². The summed E-state index contributed by atoms with van der Waals surface area (Å²) >= 11 is 0. The SMILES string of the molecule is CN1CC[C@H]2C[C@H](O)[C@@H]3OC(=O)c4cc5c(cc4[C@H]3[C@@H]21)OCO5. The first kappa shape index (κ1) is 13.6. The third-order valence-electron chi connectivity index (χ3n) is 5.86. The number of likely N-dealkylation sites (tertiary alicyclic amines) is 1. The smallest absolute Gasteiger partial charge is 0.338 e. The monoisotopic (exact) mass is 317 g/mol. The number of esters is 1. The van der Waals surface area contributed by atoms with Gasteiger partial charge in [-0.05, 0) is 50.0 Å². The van der Waals surface area contributed by atoms with Crippen molar-refractivity contribution in [2.45, 2.75) is 37.0 Å². The van der Waals surface area contributed by atoms with Crippen molar-refractivity contribution in [1.29, 1.82) is 0 Å². The molecule has 5 atom stereocenters. The zero-order valence-corrected chi connectivity index (χ0v) is 12.9. The number of benzene rings is 1. The lowest BCUT2D eigenvalue weighted by Crippen LogP contribution is -2.54. The highest BCUT2D eigenvalue weighted by atomic mass is 16.7. The molecule has 1 aliphatic carbocycles. The number of likely N-dealkylation sites (N-methyl/N-ethyl adjacent to an activating group) is 1. The third kappa shape index (κ3) is 1.79. The van der Waals surface area contributed by atoms with E-state index in [0.717, 1.165) is 18.5 Å². The van der Waals surface area contributed by atoms with Crippen molar-refractivity contribution in [3.05, 3.63) is 23.3 Å². The Morgan fingerprint density at radius 1 is 1.26 bits per heavy atom. The number of aliphatic hydroxyl groups is 1. The summed E-state index contributed by atoms with van der Waals surface area (Å²) in [6.07, 6.45) is 0.700. The predicted molar refractivity (Wildman–Crippen MR) is 79.7 cm³/mol. The lowest BCUT2D eigenvalue weighted by atomic mass is 9.69. The lowest BCUT2D eigenvalue weighted by molar-refractivity contribution is -0.0778. The molecule has 0 bridgehead atoms. The fourth-order valence-electron chi connectivity index (χ4n) is 4.86. The maximum Gasteiger partial charge on any atom is 0.338 e. The van der Waals surface area contributed by atoms with Crippen LogP contribution >= 0.6 is 0 Å². The Hall–Kier alpha value is -1.79. The van der Waals surface area contributed by atoms with Crippen molar-refractivity contribution in [3.8, 4) is 11.5 Å². The molecule has 0 unspecified atom stereocenters. The molecule has 4 aliphatic rings. The maximum atomic E-state index is 12.4. The van der Waals surface area contributed by atoms with Crippen LogP contribution in [0.2, 0.25) is 0 Å². The van der Waals surface area contributed by atoms with Crippen LogP contribution in [0.25, 0.3) is 0 Å². The van der Waals surface area contributed by atoms with Gasteiger partial charge in [0.1, 0.15) is 6.10 Å². The molecule has 3 heterocycles. The summed E-state index contributed by atoms with van der Waals surface area (Å²) in [5, 5.41) is 10.5. The summed E-state index contributed by atoms with van der Waals surface area (Å²) in [5.74, 6) is 1.31. The molecule has 0 aromatic heterocycles. The second kappa shape index (κ2) is 4.61. The standard InChI is InChI=1S/C17H19NO5/c1-18-3-2-8-4-11(19)16-14(15(8)18)9-5-12-13(22-7-21-12)6-10(9)17(20)23-16/h5-6,8,11,14-16,19H,2-4,7H2,1H3/t8-,11-,14-,15+,16-/m0/s1. The van der Waals surface area contributed by atoms with Gasteiger partial charge in [-0.15, -0.1) is 0 Å². The summed E-state index contributed by atoms with van der Waals surface area (Å²) in [7, 11) is 2.11. The Morgan fingerprint density at radius 2 is 2.04 bits per heavy atom. The van der Waals surface area contributed by atoms with Crippen molar-refractivity contribution in [3.63, 3.8) is 0 Å². The van der Waals surface area contributed by atoms with Gasteiger partial charge in [0.25, 0.3) is 0 Å². The van der Waals surface area contributed by atoms with E-state index < -0.39 is 12.2 Å². The van der Waals surface area contributed by atoms with Crippen LogP contribution in [0.1, 0.15) is 34.7 Å². The summed E-state index contributed by atoms with van der Waals surface area (Å²) in [5.41, 5.74) is 1.47. The van der Waals surface area contributed by atoms with Crippen LogP contribution in [0.3, 0.4) is 0 Å². The molecule has 6 nitrogen and oxygen atoms in total. The van der Waals surface area contributed by atoms with Gasteiger partial charge in [-0.3, -0.25) is 0 Å². The molecule has 2 fully saturated rings. The number of carbonyl (C=O) groups excluding carboxylic acids is 1. The highest BCUT2D eigenvalue weighted by Gasteiger charge is 2.53. The fraction of sp³-hybridized carbons (Fsp3) is 0.588. The molecule has 5 rings (SSSR count). The topological polar surface area (TPSA) is 68.2 Å². The second-order valence-electron chi connectivity index (χ2n) is 7.01. The Labute approximate surface area is 133 Å². The van der Waals surface area contributed by atoms with Crippen molar-refractivity contribution >= 4 is 5.97 Å². The van der Waals surface area contributed by atoms with E-state index in [2.05, 4.69) is 11.9 Å². The molecule has 1 N–H and O–H groups in total. The minimum atomic E-state index is -0.602. The molecule has 23 heavy (non-hydrogen) atoms. The highest BCUT2D eigenvalue weighted by Crippen LogP contribution is 2.50. The third-order valence-corrected chi connectivity index (χ3v) is 5.86. The van der Waals surface area contributed by atoms with Gasteiger partial charge in [0.05, 0.1) is 11.7 Å². The van der Waals surface area contributed by atoms with E-state index in [9.17, 15) is 9.90 Å². The highest BCUT2D eigenvalue weighted by molar-refractivity contribution is 5.94. The quantitative estimate of drug-likeness (QED) is 0.723. The maximum absolute atomic E-state index is 12.4. The normalized spacial score (nSPS) is 37.8. The van der Waals surface area contributed by atoms with Gasteiger partial charge >= 0.3 is 5.97 Å². The van der Waals surface area contributed by atoms with Crippen LogP contribution in [0.4, 0.5) is 0 Å². The number of nitrogens with zero attached hydrogens (tertiary/aromatic N) is 1. The second-order valence-corrected chi connectivity index (χ2v) is 7.01. The first-order chi connectivity index (χ1) is 11.1. The van der Waals surface area contributed by atoms with Crippen molar-refractivity contribution in [2.75, 3.05) is 20.4 Å². The van der Waals surface area contributed by atoms with Crippen molar-refractivity contribution < 1.29 is 24.1 Å². The van der Waals surface area contributed by atoms with Gasteiger partial charge in [0.15, 0.2) is 11.5 Å². The molecule has 0 amide bonds. The molecule has 3 aliphatic heterocycles. The minimum Gasteiger partial charge on any atom is -0.455 e. The number of ether oxygens (including phenoxy) is 3. The number of fused-ring (bicyclic) bond motifs is 6. The zero-order chi connectivity index (χ0) is 15.7. The van der Waals surface area contributed by atoms with Crippen LogP contribution in [0.5, 0.6) is 11.5 Å². The van der Waals surface area contributed by atoms with E-state index in [-0.39, 0.29) is 24.7 Å². The minimum absolute atomic E-state index is 0.0153. The molecule has 1 saturated carbocycles. The van der Waals surface area contributed by atoms with E-state index in [1.807, 2.05) is 6.07 Å². The number of aliphatic hydroxyl groups excluding tert-OH is 1. The molecular formula is C17H19NO5. The molecule has 122 valence electrons. The average molecular weight is 317 g/mol. The van der Waals surface area contributed by atoms with Gasteiger partial charge in [-0.25, -0.2) is 4.79 Å². The van der Waals surface area contributed by atoms with Crippen LogP contribution in [0, 0.1) is 5.92 Å². The average Bonchev–Trinajstić information content (AvgIpc) is 3.13. The van der Waals surface area contributed by atoms with Crippen molar-refractivity contribution in [1.82, 2.24) is 4.90 Å². The van der Waals surface area contributed by atoms with Crippen LogP contribution in [0.15, 0.2) is 12.1 Å². The van der Waals surface area contributed by atoms with E-state index >= 15 is 0 Å². The molecule has 1 saturated heterocycles. The molecule has 6 heteroatoms. The Bertz CT molecular complexity index is 690. The number of hydrogen-bond donors (Lipinski definition) is 1. The molecular weight excluding hydrogens is 298 g/mol. The molecule has 0 radical (unpaired) electrons. The number of hydrogen-bond acceptors (Lipinski definition) is 6. The van der Waals surface area contributed by atoms with Gasteiger partial charge < -0.3 is 24.2 Å². The number of carbonyl (C=O) groups is 1. The Morgan fingerprint density at radius 3 is 2.87 bits per heavy atom. The summed E-state index contributed by atoms with van der Waals surface area (Å²) < 4.78 is 16.5. The first-order valence-corrected chi connectivity index (χ1v) is 8.16. The summed E-state index contributed by atoms with van der Waals surface area (Å²) in [4.78, 5) is 14.8. The van der Waals surface area contributed by atoms with E-state index in [1.165, 1.54) is 0 Å². The Balaban J connectivity index is 1.68. The van der Waals surface area contributed by atoms with Crippen LogP contribution < -0.4 is 9.47 Å². The first-order valence-electron chi connectivity index (χ1n) is 8.16. The summed E-state index contributed by atoms with van der Waals surface area (Å²) in [6, 6.07) is 3.92. The van der Waals surface area contributed by atoms with Gasteiger partial charge in [-0.2, -0.15) is 0 Å². The van der Waals surface area contributed by atoms with E-state index in [1.54, 1.807) is 6.07 Å². The van der Waals surface area contributed by atoms with Gasteiger partial charge in [0, 0.05) is 12.0 Å². The van der Waals surface area contributed by atoms with Crippen LogP contribution in [-0.2, 0) is 4.74 Å². The summed E-state index contributed by atoms with van der Waals surface area (Å²) in [6.45, 7) is 1.19.